The van der Waals surface area contributed by atoms with Gasteiger partial charge in [0.1, 0.15) is 11.8 Å². The third-order valence-corrected chi connectivity index (χ3v) is 5.21. The smallest absolute Gasteiger partial charge is 0.330 e. The number of amides is 3. The minimum atomic E-state index is -1.02. The van der Waals surface area contributed by atoms with Crippen molar-refractivity contribution in [2.75, 3.05) is 19.8 Å². The van der Waals surface area contributed by atoms with Crippen LogP contribution in [0.2, 0.25) is 0 Å². The van der Waals surface area contributed by atoms with E-state index in [-0.39, 0.29) is 36.5 Å². The SMILES string of the molecule is CCOC(=O)/C=C/[C@H](C[C@@H]1CCNC1=O)NC(=O)COC(=O)[C@@H](NC(=O)c1cc(C)on1)C(C)C. The van der Waals surface area contributed by atoms with Crippen molar-refractivity contribution in [2.45, 2.75) is 52.6 Å². The summed E-state index contributed by atoms with van der Waals surface area (Å²) in [6.45, 7) is 6.85. The van der Waals surface area contributed by atoms with Crippen LogP contribution in [0.3, 0.4) is 0 Å². The molecule has 3 amide bonds. The maximum Gasteiger partial charge on any atom is 0.330 e. The highest BCUT2D eigenvalue weighted by Gasteiger charge is 2.29. The summed E-state index contributed by atoms with van der Waals surface area (Å²) in [7, 11) is 0. The molecule has 0 aromatic carbocycles. The molecule has 12 heteroatoms. The first kappa shape index (κ1) is 27.5. The van der Waals surface area contributed by atoms with Crippen molar-refractivity contribution in [2.24, 2.45) is 11.8 Å². The number of aromatic nitrogens is 1. The largest absolute Gasteiger partial charge is 0.463 e. The number of esters is 2. The van der Waals surface area contributed by atoms with Gasteiger partial charge in [-0.1, -0.05) is 25.1 Å². The highest BCUT2D eigenvalue weighted by atomic mass is 16.5. The number of ether oxygens (including phenoxy) is 2. The maximum atomic E-state index is 12.6. The summed E-state index contributed by atoms with van der Waals surface area (Å²) in [4.78, 5) is 61.0. The molecule has 2 heterocycles. The number of nitrogens with zero attached hydrogens (tertiary/aromatic N) is 1. The Labute approximate surface area is 203 Å². The van der Waals surface area contributed by atoms with E-state index < -0.39 is 42.4 Å². The van der Waals surface area contributed by atoms with Gasteiger partial charge in [-0.25, -0.2) is 9.59 Å². The Morgan fingerprint density at radius 2 is 2.00 bits per heavy atom. The van der Waals surface area contributed by atoms with Crippen molar-refractivity contribution < 1.29 is 38.0 Å². The van der Waals surface area contributed by atoms with E-state index in [0.717, 1.165) is 0 Å². The minimum Gasteiger partial charge on any atom is -0.463 e. The Balaban J connectivity index is 1.95. The molecular formula is C23H32N4O8. The predicted molar refractivity (Wildman–Crippen MR) is 122 cm³/mol. The van der Waals surface area contributed by atoms with Crippen molar-refractivity contribution in [1.82, 2.24) is 21.1 Å². The third kappa shape index (κ3) is 8.87. The van der Waals surface area contributed by atoms with Gasteiger partial charge in [-0.05, 0) is 32.6 Å². The van der Waals surface area contributed by atoms with Crippen molar-refractivity contribution >= 4 is 29.7 Å². The zero-order chi connectivity index (χ0) is 26.0. The van der Waals surface area contributed by atoms with Gasteiger partial charge in [-0.2, -0.15) is 0 Å². The van der Waals surface area contributed by atoms with E-state index in [4.69, 9.17) is 14.0 Å². The predicted octanol–water partition coefficient (Wildman–Crippen LogP) is 0.411. The van der Waals surface area contributed by atoms with Crippen LogP contribution in [-0.4, -0.2) is 66.7 Å². The molecule has 0 bridgehead atoms. The zero-order valence-electron chi connectivity index (χ0n) is 20.3. The summed E-state index contributed by atoms with van der Waals surface area (Å²) in [5, 5.41) is 11.5. The first-order chi connectivity index (χ1) is 16.6. The number of hydrogen-bond acceptors (Lipinski definition) is 9. The molecule has 1 aromatic rings. The van der Waals surface area contributed by atoms with E-state index in [1.54, 1.807) is 27.7 Å². The second-order valence-electron chi connectivity index (χ2n) is 8.42. The van der Waals surface area contributed by atoms with Gasteiger partial charge in [-0.3, -0.25) is 14.4 Å². The van der Waals surface area contributed by atoms with E-state index in [0.29, 0.717) is 18.7 Å². The number of carbonyl (C=O) groups is 5. The van der Waals surface area contributed by atoms with Crippen LogP contribution in [0, 0.1) is 18.8 Å². The van der Waals surface area contributed by atoms with Crippen LogP contribution in [0.25, 0.3) is 0 Å². The number of nitrogens with one attached hydrogen (secondary N) is 3. The summed E-state index contributed by atoms with van der Waals surface area (Å²) in [5.74, 6) is -2.95. The molecule has 192 valence electrons. The zero-order valence-corrected chi connectivity index (χ0v) is 20.3. The lowest BCUT2D eigenvalue weighted by Crippen LogP contribution is -2.46. The molecule has 2 rings (SSSR count). The molecule has 12 nitrogen and oxygen atoms in total. The van der Waals surface area contributed by atoms with Gasteiger partial charge in [0.15, 0.2) is 12.3 Å². The standard InChI is InChI=1S/C23H32N4O8/c1-5-33-19(29)7-6-16(11-15-8-9-24-21(15)30)25-18(28)12-34-23(32)20(13(2)3)26-22(31)17-10-14(4)35-27-17/h6-7,10,13,15-16,20H,5,8-9,11-12H2,1-4H3,(H,24,30)(H,25,28)(H,26,31)/b7-6+/t15-,16+,20-/m0/s1. The summed E-state index contributed by atoms with van der Waals surface area (Å²) < 4.78 is 14.8. The van der Waals surface area contributed by atoms with Gasteiger partial charge in [-0.15, -0.1) is 0 Å². The molecule has 0 radical (unpaired) electrons. The summed E-state index contributed by atoms with van der Waals surface area (Å²) in [5.41, 5.74) is 0.0193. The van der Waals surface area contributed by atoms with E-state index in [1.165, 1.54) is 18.2 Å². The molecule has 35 heavy (non-hydrogen) atoms. The van der Waals surface area contributed by atoms with Crippen molar-refractivity contribution in [1.29, 1.82) is 0 Å². The fraction of sp³-hybridized carbons (Fsp3) is 0.565. The lowest BCUT2D eigenvalue weighted by atomic mass is 9.98. The Bertz CT molecular complexity index is 955. The van der Waals surface area contributed by atoms with E-state index in [2.05, 4.69) is 21.1 Å². The van der Waals surface area contributed by atoms with Crippen molar-refractivity contribution in [3.05, 3.63) is 29.7 Å². The number of carbonyl (C=O) groups excluding carboxylic acids is 5. The summed E-state index contributed by atoms with van der Waals surface area (Å²) in [6.07, 6.45) is 3.50. The van der Waals surface area contributed by atoms with E-state index >= 15 is 0 Å². The van der Waals surface area contributed by atoms with Crippen LogP contribution in [0.1, 0.15) is 49.9 Å². The number of rotatable bonds is 12. The van der Waals surface area contributed by atoms with Crippen LogP contribution < -0.4 is 16.0 Å². The molecule has 0 spiro atoms. The highest BCUT2D eigenvalue weighted by Crippen LogP contribution is 2.17. The quantitative estimate of drug-likeness (QED) is 0.277. The van der Waals surface area contributed by atoms with Gasteiger partial charge in [0, 0.05) is 30.6 Å². The molecule has 3 N–H and O–H groups in total. The van der Waals surface area contributed by atoms with Crippen LogP contribution in [0.5, 0.6) is 0 Å². The molecule has 1 aliphatic rings. The number of hydrogen-bond donors (Lipinski definition) is 3. The first-order valence-electron chi connectivity index (χ1n) is 11.4. The monoisotopic (exact) mass is 492 g/mol. The molecule has 1 aromatic heterocycles. The van der Waals surface area contributed by atoms with Crippen LogP contribution in [-0.2, 0) is 28.7 Å². The lowest BCUT2D eigenvalue weighted by Gasteiger charge is -2.21. The molecular weight excluding hydrogens is 460 g/mol. The van der Waals surface area contributed by atoms with Gasteiger partial charge < -0.3 is 29.9 Å². The van der Waals surface area contributed by atoms with Crippen molar-refractivity contribution in [3.63, 3.8) is 0 Å². The summed E-state index contributed by atoms with van der Waals surface area (Å²) >= 11 is 0. The Morgan fingerprint density at radius 3 is 2.57 bits per heavy atom. The number of aryl methyl sites for hydroxylation is 1. The van der Waals surface area contributed by atoms with Gasteiger partial charge in [0.25, 0.3) is 11.8 Å². The van der Waals surface area contributed by atoms with Crippen molar-refractivity contribution in [3.8, 4) is 0 Å². The molecule has 1 saturated heterocycles. The van der Waals surface area contributed by atoms with Crippen LogP contribution >= 0.6 is 0 Å². The van der Waals surface area contributed by atoms with Gasteiger partial charge in [0.05, 0.1) is 6.61 Å². The van der Waals surface area contributed by atoms with Crippen LogP contribution in [0.15, 0.2) is 22.7 Å². The normalized spacial score (nSPS) is 17.1. The van der Waals surface area contributed by atoms with Gasteiger partial charge in [0.2, 0.25) is 5.91 Å². The molecule has 1 aliphatic heterocycles. The topological polar surface area (TPSA) is 166 Å². The average molecular weight is 493 g/mol. The van der Waals surface area contributed by atoms with Gasteiger partial charge >= 0.3 is 11.9 Å². The lowest BCUT2D eigenvalue weighted by molar-refractivity contribution is -0.151. The Kier molecular flexibility index (Phi) is 10.4. The molecule has 3 atom stereocenters. The first-order valence-corrected chi connectivity index (χ1v) is 11.4. The van der Waals surface area contributed by atoms with Crippen LogP contribution in [0.4, 0.5) is 0 Å². The maximum absolute atomic E-state index is 12.6. The molecule has 0 saturated carbocycles. The fourth-order valence-corrected chi connectivity index (χ4v) is 3.41. The molecule has 0 aliphatic carbocycles. The molecule has 1 fully saturated rings. The second kappa shape index (κ2) is 13.3. The fourth-order valence-electron chi connectivity index (χ4n) is 3.41. The minimum absolute atomic E-state index is 0.0193. The molecule has 0 unspecified atom stereocenters. The van der Waals surface area contributed by atoms with E-state index in [9.17, 15) is 24.0 Å². The Hall–Kier alpha value is -3.70. The second-order valence-corrected chi connectivity index (χ2v) is 8.42. The third-order valence-electron chi connectivity index (χ3n) is 5.21. The highest BCUT2D eigenvalue weighted by molar-refractivity contribution is 5.95. The summed E-state index contributed by atoms with van der Waals surface area (Å²) in [6, 6.07) is -0.246. The van der Waals surface area contributed by atoms with E-state index in [1.807, 2.05) is 0 Å². The average Bonchev–Trinajstić information content (AvgIpc) is 3.42. The Morgan fingerprint density at radius 1 is 1.26 bits per heavy atom.